The highest BCUT2D eigenvalue weighted by Crippen LogP contribution is 2.23. The molecule has 1 rings (SSSR count). The first-order valence-electron chi connectivity index (χ1n) is 6.60. The third-order valence-electron chi connectivity index (χ3n) is 2.67. The summed E-state index contributed by atoms with van der Waals surface area (Å²) in [6.07, 6.45) is 2.30. The number of benzene rings is 1. The predicted octanol–water partition coefficient (Wildman–Crippen LogP) is 4.64. The van der Waals surface area contributed by atoms with Gasteiger partial charge in [-0.1, -0.05) is 47.1 Å². The molecule has 0 heterocycles. The number of rotatable bonds is 6. The van der Waals surface area contributed by atoms with Gasteiger partial charge in [0.25, 0.3) is 0 Å². The predicted molar refractivity (Wildman–Crippen MR) is 74.5 cm³/mol. The summed E-state index contributed by atoms with van der Waals surface area (Å²) in [6.45, 7) is 11.7. The molecule has 0 aliphatic heterocycles. The van der Waals surface area contributed by atoms with Crippen molar-refractivity contribution in [3.05, 3.63) is 35.2 Å². The smallest absolute Gasteiger partial charge is 0.119 e. The SMILES string of the molecule is CCCc1cc(OCC(C)C)cc([C](C)C)c1. The van der Waals surface area contributed by atoms with Gasteiger partial charge in [-0.15, -0.1) is 0 Å². The molecule has 0 amide bonds. The lowest BCUT2D eigenvalue weighted by Gasteiger charge is -2.14. The highest BCUT2D eigenvalue weighted by Gasteiger charge is 2.06. The van der Waals surface area contributed by atoms with Crippen LogP contribution in [0, 0.1) is 11.8 Å². The maximum atomic E-state index is 5.83. The summed E-state index contributed by atoms with van der Waals surface area (Å²) < 4.78 is 5.83. The Morgan fingerprint density at radius 1 is 1.18 bits per heavy atom. The van der Waals surface area contributed by atoms with Gasteiger partial charge in [0.15, 0.2) is 0 Å². The molecule has 0 bridgehead atoms. The summed E-state index contributed by atoms with van der Waals surface area (Å²) in [5, 5.41) is 0. The van der Waals surface area contributed by atoms with Gasteiger partial charge in [-0.05, 0) is 41.5 Å². The van der Waals surface area contributed by atoms with Gasteiger partial charge in [-0.25, -0.2) is 0 Å². The van der Waals surface area contributed by atoms with Crippen LogP contribution in [0.1, 0.15) is 52.2 Å². The first-order chi connectivity index (χ1) is 8.02. The molecule has 0 saturated carbocycles. The fraction of sp³-hybridized carbons (Fsp3) is 0.562. The second-order valence-corrected chi connectivity index (χ2v) is 5.32. The molecule has 95 valence electrons. The highest BCUT2D eigenvalue weighted by atomic mass is 16.5. The van der Waals surface area contributed by atoms with Crippen molar-refractivity contribution < 1.29 is 4.74 Å². The third kappa shape index (κ3) is 4.80. The Labute approximate surface area is 106 Å². The zero-order valence-electron chi connectivity index (χ0n) is 11.8. The van der Waals surface area contributed by atoms with E-state index in [1.807, 2.05) is 0 Å². The highest BCUT2D eigenvalue weighted by molar-refractivity contribution is 5.40. The average Bonchev–Trinajstić information content (AvgIpc) is 2.26. The topological polar surface area (TPSA) is 9.23 Å². The summed E-state index contributed by atoms with van der Waals surface area (Å²) in [4.78, 5) is 0. The Morgan fingerprint density at radius 3 is 2.41 bits per heavy atom. The molecule has 1 heteroatoms. The van der Waals surface area contributed by atoms with Crippen LogP contribution >= 0.6 is 0 Å². The fourth-order valence-corrected chi connectivity index (χ4v) is 1.73. The number of hydrogen-bond donors (Lipinski definition) is 0. The van der Waals surface area contributed by atoms with E-state index in [2.05, 4.69) is 52.8 Å². The van der Waals surface area contributed by atoms with Gasteiger partial charge >= 0.3 is 0 Å². The first kappa shape index (κ1) is 14.1. The van der Waals surface area contributed by atoms with E-state index >= 15 is 0 Å². The standard InChI is InChI=1S/C16H25O/c1-6-7-14-8-15(13(4)5)10-16(9-14)17-11-12(2)3/h8-10,12H,6-7,11H2,1-5H3. The van der Waals surface area contributed by atoms with Crippen molar-refractivity contribution in [1.29, 1.82) is 0 Å². The van der Waals surface area contributed by atoms with E-state index in [4.69, 9.17) is 4.74 Å². The van der Waals surface area contributed by atoms with Gasteiger partial charge in [-0.2, -0.15) is 0 Å². The van der Waals surface area contributed by atoms with Gasteiger partial charge in [0.05, 0.1) is 6.61 Å². The molecular formula is C16H25O. The van der Waals surface area contributed by atoms with Crippen LogP contribution in [0.25, 0.3) is 0 Å². The molecule has 0 saturated heterocycles. The van der Waals surface area contributed by atoms with Crippen LogP contribution < -0.4 is 4.74 Å². The fourth-order valence-electron chi connectivity index (χ4n) is 1.73. The molecule has 0 atom stereocenters. The Kier molecular flexibility index (Phi) is 5.54. The zero-order valence-corrected chi connectivity index (χ0v) is 11.8. The Balaban J connectivity index is 2.87. The van der Waals surface area contributed by atoms with Crippen molar-refractivity contribution in [2.45, 2.75) is 47.5 Å². The van der Waals surface area contributed by atoms with Crippen molar-refractivity contribution in [2.24, 2.45) is 5.92 Å². The summed E-state index contributed by atoms with van der Waals surface area (Å²) in [5.74, 6) is 2.93. The number of ether oxygens (including phenoxy) is 1. The molecule has 0 aliphatic rings. The van der Waals surface area contributed by atoms with Crippen molar-refractivity contribution >= 4 is 0 Å². The monoisotopic (exact) mass is 233 g/mol. The molecular weight excluding hydrogens is 208 g/mol. The zero-order chi connectivity index (χ0) is 12.8. The van der Waals surface area contributed by atoms with E-state index < -0.39 is 0 Å². The van der Waals surface area contributed by atoms with Gasteiger partial charge < -0.3 is 4.74 Å². The maximum Gasteiger partial charge on any atom is 0.119 e. The van der Waals surface area contributed by atoms with Crippen LogP contribution in [-0.4, -0.2) is 6.61 Å². The van der Waals surface area contributed by atoms with Crippen LogP contribution in [0.15, 0.2) is 18.2 Å². The largest absolute Gasteiger partial charge is 0.493 e. The summed E-state index contributed by atoms with van der Waals surface area (Å²) in [7, 11) is 0. The normalized spacial score (nSPS) is 11.2. The Hall–Kier alpha value is -0.980. The van der Waals surface area contributed by atoms with E-state index in [0.717, 1.165) is 18.8 Å². The molecule has 1 radical (unpaired) electrons. The third-order valence-corrected chi connectivity index (χ3v) is 2.67. The molecule has 17 heavy (non-hydrogen) atoms. The van der Waals surface area contributed by atoms with Crippen LogP contribution in [0.4, 0.5) is 0 Å². The van der Waals surface area contributed by atoms with Gasteiger partial charge in [0.2, 0.25) is 0 Å². The Morgan fingerprint density at radius 2 is 1.88 bits per heavy atom. The molecule has 0 aromatic heterocycles. The van der Waals surface area contributed by atoms with Crippen LogP contribution in [0.3, 0.4) is 0 Å². The van der Waals surface area contributed by atoms with E-state index in [9.17, 15) is 0 Å². The minimum atomic E-state index is 0.569. The Bertz CT molecular complexity index is 339. The molecule has 1 aromatic carbocycles. The average molecular weight is 233 g/mol. The van der Waals surface area contributed by atoms with Crippen molar-refractivity contribution in [2.75, 3.05) is 6.61 Å². The molecule has 0 fully saturated rings. The van der Waals surface area contributed by atoms with E-state index in [1.165, 1.54) is 23.5 Å². The van der Waals surface area contributed by atoms with Crippen molar-refractivity contribution in [3.8, 4) is 5.75 Å². The second kappa shape index (κ2) is 6.68. The first-order valence-corrected chi connectivity index (χ1v) is 6.60. The lowest BCUT2D eigenvalue weighted by atomic mass is 9.98. The minimum Gasteiger partial charge on any atom is -0.493 e. The van der Waals surface area contributed by atoms with E-state index in [-0.39, 0.29) is 0 Å². The van der Waals surface area contributed by atoms with E-state index in [1.54, 1.807) is 0 Å². The quantitative estimate of drug-likeness (QED) is 0.695. The van der Waals surface area contributed by atoms with Gasteiger partial charge in [0.1, 0.15) is 5.75 Å². The molecule has 0 spiro atoms. The van der Waals surface area contributed by atoms with Crippen LogP contribution in [0.5, 0.6) is 5.75 Å². The van der Waals surface area contributed by atoms with Gasteiger partial charge in [0, 0.05) is 0 Å². The lowest BCUT2D eigenvalue weighted by Crippen LogP contribution is -2.05. The lowest BCUT2D eigenvalue weighted by molar-refractivity contribution is 0.270. The summed E-state index contributed by atoms with van der Waals surface area (Å²) >= 11 is 0. The van der Waals surface area contributed by atoms with Crippen LogP contribution in [0.2, 0.25) is 0 Å². The van der Waals surface area contributed by atoms with Gasteiger partial charge in [-0.3, -0.25) is 0 Å². The molecule has 1 nitrogen and oxygen atoms in total. The number of aryl methyl sites for hydroxylation is 1. The van der Waals surface area contributed by atoms with Crippen molar-refractivity contribution in [1.82, 2.24) is 0 Å². The van der Waals surface area contributed by atoms with Crippen LogP contribution in [-0.2, 0) is 6.42 Å². The number of hydrogen-bond acceptors (Lipinski definition) is 1. The summed E-state index contributed by atoms with van der Waals surface area (Å²) in [6, 6.07) is 6.61. The molecule has 0 N–H and O–H groups in total. The van der Waals surface area contributed by atoms with Crippen molar-refractivity contribution in [3.63, 3.8) is 0 Å². The molecule has 0 aliphatic carbocycles. The maximum absolute atomic E-state index is 5.83. The minimum absolute atomic E-state index is 0.569. The molecule has 0 unspecified atom stereocenters. The molecule has 1 aromatic rings. The van der Waals surface area contributed by atoms with E-state index in [0.29, 0.717) is 5.92 Å². The second-order valence-electron chi connectivity index (χ2n) is 5.32. The summed E-state index contributed by atoms with van der Waals surface area (Å²) in [5.41, 5.74) is 2.68.